The fraction of sp³-hybridized carbons (Fsp3) is 0.211. The molecule has 27 heavy (non-hydrogen) atoms. The lowest BCUT2D eigenvalue weighted by Gasteiger charge is -2.09. The normalized spacial score (nSPS) is 13.8. The van der Waals surface area contributed by atoms with Gasteiger partial charge in [0.1, 0.15) is 5.82 Å². The van der Waals surface area contributed by atoms with Crippen molar-refractivity contribution in [1.29, 1.82) is 0 Å². The van der Waals surface area contributed by atoms with Crippen LogP contribution in [0.4, 0.5) is 0 Å². The second-order valence-corrected chi connectivity index (χ2v) is 8.37. The second-order valence-electron chi connectivity index (χ2n) is 6.41. The maximum absolute atomic E-state index is 4.68. The van der Waals surface area contributed by atoms with Crippen LogP contribution in [-0.2, 0) is 6.54 Å². The Bertz CT molecular complexity index is 1040. The van der Waals surface area contributed by atoms with Gasteiger partial charge in [-0.25, -0.2) is 4.98 Å². The van der Waals surface area contributed by atoms with Gasteiger partial charge in [-0.05, 0) is 53.8 Å². The largest absolute Gasteiger partial charge is 0.297 e. The first-order chi connectivity index (χ1) is 13.4. The number of hydrogen-bond acceptors (Lipinski definition) is 7. The molecule has 0 radical (unpaired) electrons. The molecule has 5 rings (SSSR count). The third kappa shape index (κ3) is 3.63. The topological polar surface area (TPSA) is 69.4 Å². The van der Waals surface area contributed by atoms with Crippen LogP contribution in [0.3, 0.4) is 0 Å². The molecule has 1 saturated carbocycles. The maximum Gasteiger partial charge on any atom is 0.198 e. The number of nitrogens with zero attached hydrogens (tertiary/aromatic N) is 6. The molecule has 1 fully saturated rings. The molecule has 0 amide bonds. The van der Waals surface area contributed by atoms with Crippen LogP contribution in [-0.4, -0.2) is 29.1 Å². The highest BCUT2D eigenvalue weighted by atomic mass is 32.2. The average Bonchev–Trinajstić information content (AvgIpc) is 3.35. The summed E-state index contributed by atoms with van der Waals surface area (Å²) in [6.07, 6.45) is 5.96. The molecular formula is C19H16N6S2. The summed E-state index contributed by atoms with van der Waals surface area (Å²) in [6, 6.07) is 14.3. The van der Waals surface area contributed by atoms with Gasteiger partial charge in [-0.1, -0.05) is 30.3 Å². The number of pyridine rings is 1. The van der Waals surface area contributed by atoms with Gasteiger partial charge in [-0.2, -0.15) is 4.37 Å². The van der Waals surface area contributed by atoms with E-state index in [9.17, 15) is 0 Å². The summed E-state index contributed by atoms with van der Waals surface area (Å²) in [5, 5.41) is 9.73. The smallest absolute Gasteiger partial charge is 0.198 e. The minimum absolute atomic E-state index is 0.560. The van der Waals surface area contributed by atoms with Crippen molar-refractivity contribution in [2.45, 2.75) is 34.8 Å². The van der Waals surface area contributed by atoms with E-state index in [0.29, 0.717) is 12.5 Å². The SMILES string of the molecule is c1ccc(Cn2c(Sc3nc(C4CC4)ns3)nnc2-c2ccncc2)cc1. The van der Waals surface area contributed by atoms with Crippen LogP contribution in [0.1, 0.15) is 30.1 Å². The van der Waals surface area contributed by atoms with Crippen molar-refractivity contribution < 1.29 is 0 Å². The molecule has 0 aliphatic heterocycles. The zero-order valence-electron chi connectivity index (χ0n) is 14.4. The van der Waals surface area contributed by atoms with Gasteiger partial charge in [0.2, 0.25) is 0 Å². The molecule has 134 valence electrons. The number of aromatic nitrogens is 6. The van der Waals surface area contributed by atoms with Gasteiger partial charge in [-0.15, -0.1) is 10.2 Å². The molecule has 0 atom stereocenters. The van der Waals surface area contributed by atoms with Crippen molar-refractivity contribution in [1.82, 2.24) is 29.1 Å². The molecule has 0 unspecified atom stereocenters. The minimum atomic E-state index is 0.560. The van der Waals surface area contributed by atoms with Gasteiger partial charge in [0, 0.05) is 23.9 Å². The van der Waals surface area contributed by atoms with Crippen molar-refractivity contribution in [3.8, 4) is 11.4 Å². The van der Waals surface area contributed by atoms with E-state index in [1.54, 1.807) is 12.4 Å². The van der Waals surface area contributed by atoms with Crippen LogP contribution in [0.15, 0.2) is 64.4 Å². The van der Waals surface area contributed by atoms with Gasteiger partial charge in [0.05, 0.1) is 6.54 Å². The summed E-state index contributed by atoms with van der Waals surface area (Å²) in [7, 11) is 0. The lowest BCUT2D eigenvalue weighted by molar-refractivity contribution is 0.714. The quantitative estimate of drug-likeness (QED) is 0.488. The summed E-state index contributed by atoms with van der Waals surface area (Å²) >= 11 is 2.98. The van der Waals surface area contributed by atoms with E-state index in [0.717, 1.165) is 26.7 Å². The highest BCUT2D eigenvalue weighted by Gasteiger charge is 2.28. The molecule has 3 aromatic heterocycles. The number of hydrogen-bond donors (Lipinski definition) is 0. The Morgan fingerprint density at radius 2 is 1.85 bits per heavy atom. The molecule has 8 heteroatoms. The van der Waals surface area contributed by atoms with E-state index in [1.807, 2.05) is 30.3 Å². The van der Waals surface area contributed by atoms with Crippen molar-refractivity contribution in [3.63, 3.8) is 0 Å². The van der Waals surface area contributed by atoms with Gasteiger partial charge >= 0.3 is 0 Å². The van der Waals surface area contributed by atoms with E-state index in [1.165, 1.54) is 41.7 Å². The van der Waals surface area contributed by atoms with Crippen molar-refractivity contribution >= 4 is 23.3 Å². The third-order valence-corrected chi connectivity index (χ3v) is 6.13. The molecule has 0 bridgehead atoms. The van der Waals surface area contributed by atoms with Gasteiger partial charge in [0.25, 0.3) is 0 Å². The predicted octanol–water partition coefficient (Wildman–Crippen LogP) is 4.27. The monoisotopic (exact) mass is 392 g/mol. The van der Waals surface area contributed by atoms with Crippen LogP contribution < -0.4 is 0 Å². The van der Waals surface area contributed by atoms with E-state index in [4.69, 9.17) is 0 Å². The molecule has 0 spiro atoms. The Balaban J connectivity index is 1.50. The summed E-state index contributed by atoms with van der Waals surface area (Å²) in [5.41, 5.74) is 2.20. The van der Waals surface area contributed by atoms with Crippen LogP contribution >= 0.6 is 23.3 Å². The zero-order valence-corrected chi connectivity index (χ0v) is 16.0. The number of rotatable bonds is 6. The van der Waals surface area contributed by atoms with E-state index in [2.05, 4.69) is 41.2 Å². The third-order valence-electron chi connectivity index (χ3n) is 4.38. The van der Waals surface area contributed by atoms with Crippen LogP contribution in [0, 0.1) is 0 Å². The van der Waals surface area contributed by atoms with Crippen LogP contribution in [0.2, 0.25) is 0 Å². The standard InChI is InChI=1S/C19H16N6S2/c1-2-4-13(5-3-1)12-25-17(15-8-10-20-11-9-15)22-23-18(25)26-19-21-16(24-27-19)14-6-7-14/h1-5,8-11,14H,6-7,12H2. The minimum Gasteiger partial charge on any atom is -0.297 e. The van der Waals surface area contributed by atoms with Gasteiger partial charge in [0.15, 0.2) is 15.3 Å². The molecule has 6 nitrogen and oxygen atoms in total. The fourth-order valence-electron chi connectivity index (χ4n) is 2.83. The van der Waals surface area contributed by atoms with E-state index < -0.39 is 0 Å². The predicted molar refractivity (Wildman–Crippen MR) is 105 cm³/mol. The molecule has 1 aromatic carbocycles. The Hall–Kier alpha value is -2.58. The summed E-state index contributed by atoms with van der Waals surface area (Å²) in [5.74, 6) is 2.37. The van der Waals surface area contributed by atoms with E-state index in [-0.39, 0.29) is 0 Å². The molecule has 1 aliphatic rings. The Morgan fingerprint density at radius 1 is 1.04 bits per heavy atom. The van der Waals surface area contributed by atoms with Crippen molar-refractivity contribution in [3.05, 3.63) is 66.2 Å². The molecule has 3 heterocycles. The molecule has 4 aromatic rings. The second kappa shape index (κ2) is 7.21. The average molecular weight is 393 g/mol. The Labute approximate surface area is 164 Å². The fourth-order valence-corrected chi connectivity index (χ4v) is 4.45. The van der Waals surface area contributed by atoms with Gasteiger partial charge in [-0.3, -0.25) is 9.55 Å². The molecular weight excluding hydrogens is 376 g/mol. The summed E-state index contributed by atoms with van der Waals surface area (Å²) in [6.45, 7) is 0.697. The Morgan fingerprint density at radius 3 is 2.63 bits per heavy atom. The Kier molecular flexibility index (Phi) is 4.43. The lowest BCUT2D eigenvalue weighted by Crippen LogP contribution is -2.04. The number of benzene rings is 1. The molecule has 0 saturated heterocycles. The van der Waals surface area contributed by atoms with Crippen molar-refractivity contribution in [2.75, 3.05) is 0 Å². The zero-order chi connectivity index (χ0) is 18.1. The lowest BCUT2D eigenvalue weighted by atomic mass is 10.2. The van der Waals surface area contributed by atoms with E-state index >= 15 is 0 Å². The molecule has 0 N–H and O–H groups in total. The van der Waals surface area contributed by atoms with Gasteiger partial charge < -0.3 is 0 Å². The summed E-state index contributed by atoms with van der Waals surface area (Å²) < 4.78 is 7.55. The van der Waals surface area contributed by atoms with Crippen LogP contribution in [0.5, 0.6) is 0 Å². The maximum atomic E-state index is 4.68. The van der Waals surface area contributed by atoms with Crippen LogP contribution in [0.25, 0.3) is 11.4 Å². The first-order valence-corrected chi connectivity index (χ1v) is 10.3. The first kappa shape index (κ1) is 16.6. The highest BCUT2D eigenvalue weighted by molar-refractivity contribution is 8.00. The summed E-state index contributed by atoms with van der Waals surface area (Å²) in [4.78, 5) is 8.78. The molecule has 1 aliphatic carbocycles. The first-order valence-electron chi connectivity index (χ1n) is 8.76. The highest BCUT2D eigenvalue weighted by Crippen LogP contribution is 2.40. The van der Waals surface area contributed by atoms with Crippen molar-refractivity contribution in [2.24, 2.45) is 0 Å².